The van der Waals surface area contributed by atoms with Crippen LogP contribution in [0.1, 0.15) is 12.5 Å². The summed E-state index contributed by atoms with van der Waals surface area (Å²) >= 11 is 0. The van der Waals surface area contributed by atoms with Crippen molar-refractivity contribution in [3.8, 4) is 5.75 Å². The lowest BCUT2D eigenvalue weighted by Gasteiger charge is -2.19. The largest absolute Gasteiger partial charge is 0.495 e. The van der Waals surface area contributed by atoms with E-state index in [9.17, 15) is 4.79 Å². The van der Waals surface area contributed by atoms with E-state index in [4.69, 9.17) is 4.74 Å². The van der Waals surface area contributed by atoms with E-state index in [1.54, 1.807) is 7.11 Å². The molecule has 3 nitrogen and oxygen atoms in total. The van der Waals surface area contributed by atoms with Crippen molar-refractivity contribution in [2.45, 2.75) is 13.3 Å². The molecule has 0 N–H and O–H groups in total. The van der Waals surface area contributed by atoms with Gasteiger partial charge in [-0.2, -0.15) is 0 Å². The molecule has 1 aromatic carbocycles. The predicted octanol–water partition coefficient (Wildman–Crippen LogP) is 1.89. The standard InChI is InChI=1S/C12H17NO2/c1-4-10-5-6-12(15-3)11(9-10)13(2)7-8-14/h5-6,8-9H,4,7H2,1-3H3. The minimum atomic E-state index is 0.378. The van der Waals surface area contributed by atoms with E-state index in [2.05, 4.69) is 13.0 Å². The topological polar surface area (TPSA) is 29.5 Å². The highest BCUT2D eigenvalue weighted by atomic mass is 16.5. The number of hydrogen-bond acceptors (Lipinski definition) is 3. The lowest BCUT2D eigenvalue weighted by molar-refractivity contribution is -0.106. The molecule has 0 amide bonds. The Morgan fingerprint density at radius 2 is 2.20 bits per heavy atom. The van der Waals surface area contributed by atoms with Gasteiger partial charge in [-0.25, -0.2) is 0 Å². The van der Waals surface area contributed by atoms with Crippen LogP contribution in [0.2, 0.25) is 0 Å². The summed E-state index contributed by atoms with van der Waals surface area (Å²) in [6.45, 7) is 2.48. The Morgan fingerprint density at radius 3 is 2.73 bits per heavy atom. The minimum Gasteiger partial charge on any atom is -0.495 e. The average molecular weight is 207 g/mol. The Bertz CT molecular complexity index is 336. The summed E-state index contributed by atoms with van der Waals surface area (Å²) in [5.74, 6) is 0.802. The van der Waals surface area contributed by atoms with Crippen molar-refractivity contribution >= 4 is 12.0 Å². The van der Waals surface area contributed by atoms with Crippen LogP contribution in [0.15, 0.2) is 18.2 Å². The molecule has 1 rings (SSSR count). The summed E-state index contributed by atoms with van der Waals surface area (Å²) in [4.78, 5) is 12.3. The maximum absolute atomic E-state index is 10.5. The summed E-state index contributed by atoms with van der Waals surface area (Å²) in [5, 5.41) is 0. The molecule has 0 saturated heterocycles. The van der Waals surface area contributed by atoms with E-state index in [1.807, 2.05) is 24.1 Å². The fraction of sp³-hybridized carbons (Fsp3) is 0.417. The van der Waals surface area contributed by atoms with Crippen molar-refractivity contribution in [3.05, 3.63) is 23.8 Å². The maximum Gasteiger partial charge on any atom is 0.142 e. The number of methoxy groups -OCH3 is 1. The third-order valence-corrected chi connectivity index (χ3v) is 2.41. The average Bonchev–Trinajstić information content (AvgIpc) is 2.28. The van der Waals surface area contributed by atoms with Crippen molar-refractivity contribution in [3.63, 3.8) is 0 Å². The zero-order valence-electron chi connectivity index (χ0n) is 9.49. The van der Waals surface area contributed by atoms with Gasteiger partial charge in [0.15, 0.2) is 0 Å². The third kappa shape index (κ3) is 2.72. The van der Waals surface area contributed by atoms with E-state index in [0.29, 0.717) is 6.54 Å². The zero-order valence-corrected chi connectivity index (χ0v) is 9.49. The van der Waals surface area contributed by atoms with Crippen LogP contribution in [-0.4, -0.2) is 27.0 Å². The molecule has 15 heavy (non-hydrogen) atoms. The maximum atomic E-state index is 10.5. The second-order valence-corrected chi connectivity index (χ2v) is 3.41. The van der Waals surface area contributed by atoms with Crippen LogP contribution in [0.4, 0.5) is 5.69 Å². The first-order valence-electron chi connectivity index (χ1n) is 5.04. The number of anilines is 1. The van der Waals surface area contributed by atoms with E-state index >= 15 is 0 Å². The Hall–Kier alpha value is -1.51. The second-order valence-electron chi connectivity index (χ2n) is 3.41. The normalized spacial score (nSPS) is 9.80. The summed E-state index contributed by atoms with van der Waals surface area (Å²) in [7, 11) is 3.52. The van der Waals surface area contributed by atoms with Crippen molar-refractivity contribution in [1.82, 2.24) is 0 Å². The highest BCUT2D eigenvalue weighted by molar-refractivity contribution is 5.66. The van der Waals surface area contributed by atoms with E-state index in [0.717, 1.165) is 24.1 Å². The van der Waals surface area contributed by atoms with Crippen LogP contribution in [0.3, 0.4) is 0 Å². The number of hydrogen-bond donors (Lipinski definition) is 0. The van der Waals surface area contributed by atoms with Crippen molar-refractivity contribution in [2.75, 3.05) is 25.6 Å². The Kier molecular flexibility index (Phi) is 4.16. The smallest absolute Gasteiger partial charge is 0.142 e. The summed E-state index contributed by atoms with van der Waals surface area (Å²) < 4.78 is 5.25. The molecule has 0 aliphatic rings. The second kappa shape index (κ2) is 5.39. The van der Waals surface area contributed by atoms with Gasteiger partial charge in [-0.15, -0.1) is 0 Å². The predicted molar refractivity (Wildman–Crippen MR) is 61.7 cm³/mol. The van der Waals surface area contributed by atoms with Gasteiger partial charge in [0, 0.05) is 7.05 Å². The molecule has 0 radical (unpaired) electrons. The first-order chi connectivity index (χ1) is 7.22. The van der Waals surface area contributed by atoms with Crippen molar-refractivity contribution in [1.29, 1.82) is 0 Å². The molecule has 0 unspecified atom stereocenters. The zero-order chi connectivity index (χ0) is 11.3. The molecule has 0 atom stereocenters. The Morgan fingerprint density at radius 1 is 1.47 bits per heavy atom. The minimum absolute atomic E-state index is 0.378. The van der Waals surface area contributed by atoms with E-state index in [1.165, 1.54) is 5.56 Å². The van der Waals surface area contributed by atoms with Crippen LogP contribution in [0.5, 0.6) is 5.75 Å². The van der Waals surface area contributed by atoms with Gasteiger partial charge >= 0.3 is 0 Å². The number of rotatable bonds is 5. The fourth-order valence-electron chi connectivity index (χ4n) is 1.46. The molecular weight excluding hydrogens is 190 g/mol. The monoisotopic (exact) mass is 207 g/mol. The number of aryl methyl sites for hydroxylation is 1. The first kappa shape index (κ1) is 11.6. The molecule has 82 valence electrons. The number of carbonyl (C=O) groups is 1. The lowest BCUT2D eigenvalue weighted by atomic mass is 10.1. The van der Waals surface area contributed by atoms with Gasteiger partial charge in [0.1, 0.15) is 12.0 Å². The van der Waals surface area contributed by atoms with Crippen LogP contribution in [-0.2, 0) is 11.2 Å². The molecule has 3 heteroatoms. The summed E-state index contributed by atoms with van der Waals surface area (Å²) in [5.41, 5.74) is 2.20. The molecule has 0 spiro atoms. The highest BCUT2D eigenvalue weighted by Gasteiger charge is 2.08. The van der Waals surface area contributed by atoms with Gasteiger partial charge < -0.3 is 14.4 Å². The van der Waals surface area contributed by atoms with Gasteiger partial charge in [-0.1, -0.05) is 13.0 Å². The summed E-state index contributed by atoms with van der Waals surface area (Å²) in [6, 6.07) is 6.04. The van der Waals surface area contributed by atoms with Crippen LogP contribution in [0, 0.1) is 0 Å². The van der Waals surface area contributed by atoms with Gasteiger partial charge in [0.2, 0.25) is 0 Å². The van der Waals surface area contributed by atoms with E-state index < -0.39 is 0 Å². The Balaban J connectivity index is 3.04. The summed E-state index contributed by atoms with van der Waals surface area (Å²) in [6.07, 6.45) is 1.87. The van der Waals surface area contributed by atoms with Gasteiger partial charge in [0.05, 0.1) is 19.3 Å². The fourth-order valence-corrected chi connectivity index (χ4v) is 1.46. The number of ether oxygens (including phenoxy) is 1. The van der Waals surface area contributed by atoms with Gasteiger partial charge in [-0.3, -0.25) is 0 Å². The number of nitrogens with zero attached hydrogens (tertiary/aromatic N) is 1. The number of benzene rings is 1. The number of carbonyl (C=O) groups excluding carboxylic acids is 1. The molecule has 0 heterocycles. The van der Waals surface area contributed by atoms with Crippen LogP contribution >= 0.6 is 0 Å². The molecule has 0 aliphatic carbocycles. The van der Waals surface area contributed by atoms with Crippen LogP contribution in [0.25, 0.3) is 0 Å². The molecule has 0 fully saturated rings. The highest BCUT2D eigenvalue weighted by Crippen LogP contribution is 2.28. The quantitative estimate of drug-likeness (QED) is 0.690. The molecule has 0 bridgehead atoms. The van der Waals surface area contributed by atoms with E-state index in [-0.39, 0.29) is 0 Å². The molecule has 0 saturated carbocycles. The SMILES string of the molecule is CCc1ccc(OC)c(N(C)CC=O)c1. The number of aldehydes is 1. The molecule has 0 aliphatic heterocycles. The molecule has 1 aromatic rings. The lowest BCUT2D eigenvalue weighted by Crippen LogP contribution is -2.20. The van der Waals surface area contributed by atoms with Crippen molar-refractivity contribution in [2.24, 2.45) is 0 Å². The van der Waals surface area contributed by atoms with Crippen LogP contribution < -0.4 is 9.64 Å². The number of likely N-dealkylation sites (N-methyl/N-ethyl adjacent to an activating group) is 1. The Labute approximate surface area is 90.7 Å². The molecule has 0 aromatic heterocycles. The molecular formula is C12H17NO2. The van der Waals surface area contributed by atoms with Gasteiger partial charge in [-0.05, 0) is 24.1 Å². The van der Waals surface area contributed by atoms with Crippen molar-refractivity contribution < 1.29 is 9.53 Å². The third-order valence-electron chi connectivity index (χ3n) is 2.41. The first-order valence-corrected chi connectivity index (χ1v) is 5.04. The van der Waals surface area contributed by atoms with Gasteiger partial charge in [0.25, 0.3) is 0 Å².